The Kier molecular flexibility index (Phi) is 10.3. The predicted octanol–water partition coefficient (Wildman–Crippen LogP) is 4.00. The number of hydroxylamine groups is 1. The summed E-state index contributed by atoms with van der Waals surface area (Å²) in [6.45, 7) is 2.64. The van der Waals surface area contributed by atoms with E-state index < -0.39 is 0 Å². The molecule has 1 aromatic rings. The first-order valence-electron chi connectivity index (χ1n) is 8.27. The highest BCUT2D eigenvalue weighted by Crippen LogP contribution is 2.10. The highest BCUT2D eigenvalue weighted by atomic mass is 16.6. The standard InChI is InChI=1S/C18H29NO3/c1-3-4-5-6-7-11-14-17(18(20)21-2)19-22-15-16-12-9-8-10-13-16/h8-10,12-13,17,19H,3-7,11,14-15H2,1-2H3/t17-/m0/s1. The molecule has 0 aliphatic carbocycles. The van der Waals surface area contributed by atoms with Gasteiger partial charge >= 0.3 is 5.97 Å². The van der Waals surface area contributed by atoms with E-state index in [1.807, 2.05) is 30.3 Å². The lowest BCUT2D eigenvalue weighted by Gasteiger charge is -2.16. The van der Waals surface area contributed by atoms with E-state index in [1.54, 1.807) is 0 Å². The van der Waals surface area contributed by atoms with Gasteiger partial charge in [0.1, 0.15) is 6.04 Å². The maximum Gasteiger partial charge on any atom is 0.325 e. The van der Waals surface area contributed by atoms with Crippen molar-refractivity contribution in [2.45, 2.75) is 64.5 Å². The number of esters is 1. The van der Waals surface area contributed by atoms with E-state index in [1.165, 1.54) is 32.8 Å². The van der Waals surface area contributed by atoms with Crippen molar-refractivity contribution in [1.82, 2.24) is 5.48 Å². The van der Waals surface area contributed by atoms with Crippen LogP contribution in [0.2, 0.25) is 0 Å². The second-order valence-corrected chi connectivity index (χ2v) is 5.52. The fraction of sp³-hybridized carbons (Fsp3) is 0.611. The second kappa shape index (κ2) is 12.2. The normalized spacial score (nSPS) is 12.1. The molecule has 4 heteroatoms. The molecule has 1 N–H and O–H groups in total. The minimum atomic E-state index is -0.389. The minimum absolute atomic E-state index is 0.262. The Hall–Kier alpha value is -1.39. The van der Waals surface area contributed by atoms with Crippen LogP contribution in [0, 0.1) is 0 Å². The van der Waals surface area contributed by atoms with Gasteiger partial charge in [0.05, 0.1) is 13.7 Å². The topological polar surface area (TPSA) is 47.6 Å². The highest BCUT2D eigenvalue weighted by Gasteiger charge is 2.18. The van der Waals surface area contributed by atoms with Crippen LogP contribution in [0.1, 0.15) is 57.4 Å². The average Bonchev–Trinajstić information content (AvgIpc) is 2.56. The largest absolute Gasteiger partial charge is 0.468 e. The molecule has 0 fully saturated rings. The van der Waals surface area contributed by atoms with Crippen molar-refractivity contribution in [3.05, 3.63) is 35.9 Å². The Morgan fingerprint density at radius 3 is 2.45 bits per heavy atom. The van der Waals surface area contributed by atoms with Crippen molar-refractivity contribution in [2.24, 2.45) is 0 Å². The van der Waals surface area contributed by atoms with Gasteiger partial charge in [-0.05, 0) is 12.0 Å². The summed E-state index contributed by atoms with van der Waals surface area (Å²) in [7, 11) is 1.41. The summed E-state index contributed by atoms with van der Waals surface area (Å²) in [5, 5.41) is 0. The second-order valence-electron chi connectivity index (χ2n) is 5.52. The summed E-state index contributed by atoms with van der Waals surface area (Å²) in [5.74, 6) is -0.262. The van der Waals surface area contributed by atoms with Crippen molar-refractivity contribution in [1.29, 1.82) is 0 Å². The van der Waals surface area contributed by atoms with E-state index in [4.69, 9.17) is 9.57 Å². The molecular formula is C18H29NO3. The Balaban J connectivity index is 2.24. The molecule has 1 atom stereocenters. The molecule has 0 radical (unpaired) electrons. The summed E-state index contributed by atoms with van der Waals surface area (Å²) in [6, 6.07) is 9.48. The highest BCUT2D eigenvalue weighted by molar-refractivity contribution is 5.75. The predicted molar refractivity (Wildman–Crippen MR) is 88.2 cm³/mol. The van der Waals surface area contributed by atoms with Crippen molar-refractivity contribution in [3.63, 3.8) is 0 Å². The third kappa shape index (κ3) is 8.15. The van der Waals surface area contributed by atoms with Gasteiger partial charge in [0, 0.05) is 0 Å². The third-order valence-corrected chi connectivity index (χ3v) is 3.64. The first-order chi connectivity index (χ1) is 10.8. The maximum atomic E-state index is 11.8. The van der Waals surface area contributed by atoms with Gasteiger partial charge in [-0.1, -0.05) is 75.8 Å². The van der Waals surface area contributed by atoms with Gasteiger partial charge in [-0.2, -0.15) is 5.48 Å². The van der Waals surface area contributed by atoms with Gasteiger partial charge in [-0.25, -0.2) is 0 Å². The molecular weight excluding hydrogens is 278 g/mol. The number of carbonyl (C=O) groups excluding carboxylic acids is 1. The van der Waals surface area contributed by atoms with Gasteiger partial charge in [0.2, 0.25) is 0 Å². The average molecular weight is 307 g/mol. The first kappa shape index (κ1) is 18.7. The third-order valence-electron chi connectivity index (χ3n) is 3.64. The van der Waals surface area contributed by atoms with Crippen LogP contribution in [0.25, 0.3) is 0 Å². The van der Waals surface area contributed by atoms with E-state index >= 15 is 0 Å². The molecule has 0 amide bonds. The van der Waals surface area contributed by atoms with Crippen LogP contribution >= 0.6 is 0 Å². The molecule has 4 nitrogen and oxygen atoms in total. The molecule has 0 unspecified atom stereocenters. The maximum absolute atomic E-state index is 11.8. The molecule has 0 saturated heterocycles. The van der Waals surface area contributed by atoms with Gasteiger partial charge < -0.3 is 4.74 Å². The van der Waals surface area contributed by atoms with Gasteiger partial charge in [0.25, 0.3) is 0 Å². The van der Waals surface area contributed by atoms with Crippen molar-refractivity contribution in [2.75, 3.05) is 7.11 Å². The monoisotopic (exact) mass is 307 g/mol. The van der Waals surface area contributed by atoms with Gasteiger partial charge in [-0.3, -0.25) is 9.63 Å². The van der Waals surface area contributed by atoms with E-state index in [2.05, 4.69) is 12.4 Å². The molecule has 0 heterocycles. The van der Waals surface area contributed by atoms with Crippen LogP contribution in [0.3, 0.4) is 0 Å². The Morgan fingerprint density at radius 2 is 1.77 bits per heavy atom. The minimum Gasteiger partial charge on any atom is -0.468 e. The zero-order valence-electron chi connectivity index (χ0n) is 13.8. The fourth-order valence-corrected chi connectivity index (χ4v) is 2.30. The zero-order chi connectivity index (χ0) is 16.0. The smallest absolute Gasteiger partial charge is 0.325 e. The zero-order valence-corrected chi connectivity index (χ0v) is 13.8. The first-order valence-corrected chi connectivity index (χ1v) is 8.27. The molecule has 0 bridgehead atoms. The van der Waals surface area contributed by atoms with Gasteiger partial charge in [-0.15, -0.1) is 0 Å². The number of methoxy groups -OCH3 is 1. The number of hydrogen-bond donors (Lipinski definition) is 1. The summed E-state index contributed by atoms with van der Waals surface area (Å²) >= 11 is 0. The number of ether oxygens (including phenoxy) is 1. The van der Waals surface area contributed by atoms with Crippen molar-refractivity contribution >= 4 is 5.97 Å². The lowest BCUT2D eigenvalue weighted by Crippen LogP contribution is -2.37. The van der Waals surface area contributed by atoms with Crippen LogP contribution in [0.5, 0.6) is 0 Å². The molecule has 1 rings (SSSR count). The number of unbranched alkanes of at least 4 members (excludes halogenated alkanes) is 5. The van der Waals surface area contributed by atoms with E-state index in [-0.39, 0.29) is 12.0 Å². The quantitative estimate of drug-likeness (QED) is 0.360. The molecule has 0 saturated carbocycles. The SMILES string of the molecule is CCCCCCCC[C@H](NOCc1ccccc1)C(=O)OC. The fourth-order valence-electron chi connectivity index (χ4n) is 2.30. The molecule has 0 spiro atoms. The lowest BCUT2D eigenvalue weighted by molar-refractivity contribution is -0.148. The number of rotatable bonds is 12. The van der Waals surface area contributed by atoms with Crippen LogP contribution in [-0.2, 0) is 21.0 Å². The van der Waals surface area contributed by atoms with E-state index in [0.29, 0.717) is 6.61 Å². The molecule has 22 heavy (non-hydrogen) atoms. The summed E-state index contributed by atoms with van der Waals surface area (Å²) in [6.07, 6.45) is 7.94. The Morgan fingerprint density at radius 1 is 1.09 bits per heavy atom. The Labute approximate surface area is 134 Å². The van der Waals surface area contributed by atoms with E-state index in [9.17, 15) is 4.79 Å². The molecule has 0 aromatic heterocycles. The molecule has 1 aromatic carbocycles. The number of nitrogens with one attached hydrogen (secondary N) is 1. The number of carbonyl (C=O) groups is 1. The molecule has 124 valence electrons. The Bertz CT molecular complexity index is 395. The summed E-state index contributed by atoms with van der Waals surface area (Å²) in [5.41, 5.74) is 3.91. The van der Waals surface area contributed by atoms with Crippen molar-refractivity contribution in [3.8, 4) is 0 Å². The summed E-state index contributed by atoms with van der Waals surface area (Å²) < 4.78 is 4.83. The molecule has 0 aliphatic rings. The van der Waals surface area contributed by atoms with E-state index in [0.717, 1.165) is 24.8 Å². The number of hydrogen-bond acceptors (Lipinski definition) is 4. The lowest BCUT2D eigenvalue weighted by atomic mass is 10.1. The van der Waals surface area contributed by atoms with Crippen LogP contribution in [0.15, 0.2) is 30.3 Å². The van der Waals surface area contributed by atoms with Crippen LogP contribution in [0.4, 0.5) is 0 Å². The number of benzene rings is 1. The molecule has 0 aliphatic heterocycles. The van der Waals surface area contributed by atoms with Crippen LogP contribution < -0.4 is 5.48 Å². The van der Waals surface area contributed by atoms with Crippen molar-refractivity contribution < 1.29 is 14.4 Å². The summed E-state index contributed by atoms with van der Waals surface area (Å²) in [4.78, 5) is 17.2. The van der Waals surface area contributed by atoms with Crippen LogP contribution in [-0.4, -0.2) is 19.1 Å². The van der Waals surface area contributed by atoms with Gasteiger partial charge in [0.15, 0.2) is 0 Å².